The number of benzene rings is 1. The molecule has 0 aliphatic carbocycles. The number of phenols is 1. The van der Waals surface area contributed by atoms with Crippen LogP contribution >= 0.6 is 0 Å². The summed E-state index contributed by atoms with van der Waals surface area (Å²) in [6.45, 7) is 3.67. The van der Waals surface area contributed by atoms with Crippen molar-refractivity contribution in [3.8, 4) is 11.8 Å². The fraction of sp³-hybridized carbons (Fsp3) is 0.385. The Bertz CT molecular complexity index is 449. The minimum atomic E-state index is -0.664. The minimum Gasteiger partial charge on any atom is -0.508 e. The molecule has 0 aliphatic heterocycles. The molecule has 0 radical (unpaired) electrons. The number of hydrogen-bond donors (Lipinski definition) is 1. The van der Waals surface area contributed by atoms with Crippen molar-refractivity contribution in [1.82, 2.24) is 0 Å². The highest BCUT2D eigenvalue weighted by atomic mass is 16.3. The van der Waals surface area contributed by atoms with E-state index in [4.69, 9.17) is 5.26 Å². The fourth-order valence-electron chi connectivity index (χ4n) is 1.53. The van der Waals surface area contributed by atoms with Gasteiger partial charge in [0.05, 0.1) is 6.07 Å². The molecule has 4 heteroatoms. The van der Waals surface area contributed by atoms with Crippen molar-refractivity contribution in [2.45, 2.75) is 13.8 Å². The second-order valence-electron chi connectivity index (χ2n) is 4.27. The summed E-state index contributed by atoms with van der Waals surface area (Å²) in [6.07, 6.45) is 0. The zero-order valence-electron chi connectivity index (χ0n) is 10.2. The summed E-state index contributed by atoms with van der Waals surface area (Å²) >= 11 is 0. The van der Waals surface area contributed by atoms with Gasteiger partial charge >= 0.3 is 0 Å². The largest absolute Gasteiger partial charge is 0.508 e. The van der Waals surface area contributed by atoms with Gasteiger partial charge in [-0.15, -0.1) is 0 Å². The standard InChI is InChI=1S/C13H16N2O2/c1-9(2)12(8-14)13(17)15(3)10-5-4-6-11(16)7-10/h4-7,9,12,16H,1-3H3. The van der Waals surface area contributed by atoms with Crippen LogP contribution in [0.4, 0.5) is 5.69 Å². The van der Waals surface area contributed by atoms with Crippen LogP contribution in [0.15, 0.2) is 24.3 Å². The maximum atomic E-state index is 12.0. The van der Waals surface area contributed by atoms with E-state index in [2.05, 4.69) is 0 Å². The molecule has 1 atom stereocenters. The summed E-state index contributed by atoms with van der Waals surface area (Å²) in [5, 5.41) is 18.3. The Balaban J connectivity index is 2.94. The number of rotatable bonds is 3. The quantitative estimate of drug-likeness (QED) is 0.868. The molecule has 1 aromatic carbocycles. The summed E-state index contributed by atoms with van der Waals surface area (Å²) in [4.78, 5) is 13.4. The number of hydrogen-bond acceptors (Lipinski definition) is 3. The molecule has 1 amide bonds. The molecular formula is C13H16N2O2. The number of carbonyl (C=O) groups excluding carboxylic acids is 1. The molecule has 0 fully saturated rings. The Hall–Kier alpha value is -2.02. The van der Waals surface area contributed by atoms with E-state index in [9.17, 15) is 9.90 Å². The van der Waals surface area contributed by atoms with E-state index >= 15 is 0 Å². The monoisotopic (exact) mass is 232 g/mol. The van der Waals surface area contributed by atoms with E-state index in [-0.39, 0.29) is 17.6 Å². The van der Waals surface area contributed by atoms with Crippen LogP contribution in [0, 0.1) is 23.2 Å². The number of nitrogens with zero attached hydrogens (tertiary/aromatic N) is 2. The molecule has 90 valence electrons. The summed E-state index contributed by atoms with van der Waals surface area (Å²) in [5.41, 5.74) is 0.580. The van der Waals surface area contributed by atoms with Crippen LogP contribution in [0.1, 0.15) is 13.8 Å². The molecule has 0 heterocycles. The predicted molar refractivity (Wildman–Crippen MR) is 65.5 cm³/mol. The van der Waals surface area contributed by atoms with Crippen molar-refractivity contribution in [2.24, 2.45) is 11.8 Å². The highest BCUT2D eigenvalue weighted by molar-refractivity contribution is 5.96. The lowest BCUT2D eigenvalue weighted by molar-refractivity contribution is -0.121. The van der Waals surface area contributed by atoms with Crippen molar-refractivity contribution in [2.75, 3.05) is 11.9 Å². The Morgan fingerprint density at radius 2 is 2.12 bits per heavy atom. The van der Waals surface area contributed by atoms with Gasteiger partial charge in [0.25, 0.3) is 0 Å². The molecule has 1 N–H and O–H groups in total. The zero-order chi connectivity index (χ0) is 13.0. The van der Waals surface area contributed by atoms with Gasteiger partial charge in [-0.2, -0.15) is 5.26 Å². The van der Waals surface area contributed by atoms with Crippen molar-refractivity contribution in [3.05, 3.63) is 24.3 Å². The average Bonchev–Trinajstić information content (AvgIpc) is 2.28. The smallest absolute Gasteiger partial charge is 0.244 e. The third-order valence-electron chi connectivity index (χ3n) is 2.62. The van der Waals surface area contributed by atoms with Crippen LogP contribution in [0.5, 0.6) is 5.75 Å². The molecule has 0 aromatic heterocycles. The predicted octanol–water partition coefficient (Wildman–Crippen LogP) is 2.15. The van der Waals surface area contributed by atoms with E-state index in [1.807, 2.05) is 19.9 Å². The molecule has 1 unspecified atom stereocenters. The lowest BCUT2D eigenvalue weighted by atomic mass is 9.96. The molecule has 0 bridgehead atoms. The number of anilines is 1. The molecule has 0 saturated carbocycles. The highest BCUT2D eigenvalue weighted by Gasteiger charge is 2.25. The van der Waals surface area contributed by atoms with Crippen molar-refractivity contribution in [3.63, 3.8) is 0 Å². The number of nitriles is 1. The Labute approximate surface area is 101 Å². The second kappa shape index (κ2) is 5.35. The molecular weight excluding hydrogens is 216 g/mol. The molecule has 4 nitrogen and oxygen atoms in total. The van der Waals surface area contributed by atoms with Gasteiger partial charge in [0.2, 0.25) is 5.91 Å². The van der Waals surface area contributed by atoms with Crippen LogP contribution < -0.4 is 4.90 Å². The summed E-state index contributed by atoms with van der Waals surface area (Å²) in [5.74, 6) is -0.858. The van der Waals surface area contributed by atoms with Gasteiger partial charge in [-0.3, -0.25) is 4.79 Å². The number of aromatic hydroxyl groups is 1. The van der Waals surface area contributed by atoms with Crippen molar-refractivity contribution < 1.29 is 9.90 Å². The van der Waals surface area contributed by atoms with Gasteiger partial charge in [0.15, 0.2) is 0 Å². The van der Waals surface area contributed by atoms with E-state index in [0.717, 1.165) is 0 Å². The Kier molecular flexibility index (Phi) is 4.11. The fourth-order valence-corrected chi connectivity index (χ4v) is 1.53. The van der Waals surface area contributed by atoms with Crippen LogP contribution in [-0.2, 0) is 4.79 Å². The van der Waals surface area contributed by atoms with Crippen molar-refractivity contribution >= 4 is 11.6 Å². The van der Waals surface area contributed by atoms with Gasteiger partial charge in [-0.1, -0.05) is 19.9 Å². The molecule has 0 aliphatic rings. The summed E-state index contributed by atoms with van der Waals surface area (Å²) < 4.78 is 0. The third kappa shape index (κ3) is 2.97. The topological polar surface area (TPSA) is 64.3 Å². The van der Waals surface area contributed by atoms with Gasteiger partial charge in [0.1, 0.15) is 11.7 Å². The van der Waals surface area contributed by atoms with Gasteiger partial charge in [-0.25, -0.2) is 0 Å². The third-order valence-corrected chi connectivity index (χ3v) is 2.62. The second-order valence-corrected chi connectivity index (χ2v) is 4.27. The van der Waals surface area contributed by atoms with Crippen LogP contribution in [-0.4, -0.2) is 18.1 Å². The van der Waals surface area contributed by atoms with Crippen LogP contribution in [0.25, 0.3) is 0 Å². The first-order valence-electron chi connectivity index (χ1n) is 5.43. The first-order valence-corrected chi connectivity index (χ1v) is 5.43. The maximum Gasteiger partial charge on any atom is 0.244 e. The normalized spacial score (nSPS) is 11.9. The lowest BCUT2D eigenvalue weighted by Crippen LogP contribution is -2.34. The maximum absolute atomic E-state index is 12.0. The van der Waals surface area contributed by atoms with Crippen LogP contribution in [0.2, 0.25) is 0 Å². The number of phenolic OH excluding ortho intramolecular Hbond substituents is 1. The van der Waals surface area contributed by atoms with Crippen LogP contribution in [0.3, 0.4) is 0 Å². The number of carbonyl (C=O) groups is 1. The SMILES string of the molecule is CC(C)C(C#N)C(=O)N(C)c1cccc(O)c1. The average molecular weight is 232 g/mol. The first kappa shape index (κ1) is 13.0. The first-order chi connectivity index (χ1) is 7.97. The Morgan fingerprint density at radius 1 is 1.47 bits per heavy atom. The summed E-state index contributed by atoms with van der Waals surface area (Å²) in [7, 11) is 1.60. The van der Waals surface area contributed by atoms with E-state index in [1.165, 1.54) is 17.0 Å². The molecule has 1 rings (SSSR count). The van der Waals surface area contributed by atoms with E-state index < -0.39 is 5.92 Å². The molecule has 17 heavy (non-hydrogen) atoms. The minimum absolute atomic E-state index is 0.0349. The Morgan fingerprint density at radius 3 is 2.59 bits per heavy atom. The lowest BCUT2D eigenvalue weighted by Gasteiger charge is -2.22. The van der Waals surface area contributed by atoms with Crippen molar-refractivity contribution in [1.29, 1.82) is 5.26 Å². The number of amides is 1. The molecule has 0 spiro atoms. The van der Waals surface area contributed by atoms with Gasteiger partial charge in [-0.05, 0) is 18.1 Å². The van der Waals surface area contributed by atoms with Gasteiger partial charge < -0.3 is 10.0 Å². The molecule has 1 aromatic rings. The molecule has 0 saturated heterocycles. The summed E-state index contributed by atoms with van der Waals surface area (Å²) in [6, 6.07) is 8.41. The highest BCUT2D eigenvalue weighted by Crippen LogP contribution is 2.22. The van der Waals surface area contributed by atoms with Gasteiger partial charge in [0, 0.05) is 18.8 Å². The van der Waals surface area contributed by atoms with E-state index in [1.54, 1.807) is 19.2 Å². The van der Waals surface area contributed by atoms with E-state index in [0.29, 0.717) is 5.69 Å². The zero-order valence-corrected chi connectivity index (χ0v) is 10.2.